The molecule has 1 aromatic rings. The number of hydrogen-bond acceptors (Lipinski definition) is 3. The molecule has 1 aromatic heterocycles. The Morgan fingerprint density at radius 2 is 2.13 bits per heavy atom. The van der Waals surface area contributed by atoms with E-state index in [0.29, 0.717) is 5.92 Å². The van der Waals surface area contributed by atoms with Crippen molar-refractivity contribution in [2.45, 2.75) is 46.6 Å². The molecule has 2 nitrogen and oxygen atoms in total. The van der Waals surface area contributed by atoms with Crippen LogP contribution in [0.25, 0.3) is 0 Å². The Hall–Kier alpha value is -0.410. The van der Waals surface area contributed by atoms with E-state index in [1.807, 2.05) is 17.5 Å². The minimum absolute atomic E-state index is 0.220. The lowest BCUT2D eigenvalue weighted by Crippen LogP contribution is -2.38. The number of aromatic nitrogens is 1. The lowest BCUT2D eigenvalue weighted by molar-refractivity contribution is 0.382. The predicted octanol–water partition coefficient (Wildman–Crippen LogP) is 3.02. The third-order valence-electron chi connectivity index (χ3n) is 2.20. The summed E-state index contributed by atoms with van der Waals surface area (Å²) in [5.41, 5.74) is 0.220. The van der Waals surface area contributed by atoms with E-state index in [-0.39, 0.29) is 5.54 Å². The van der Waals surface area contributed by atoms with Crippen molar-refractivity contribution in [3.05, 3.63) is 16.1 Å². The fourth-order valence-electron chi connectivity index (χ4n) is 1.40. The maximum atomic E-state index is 4.28. The number of nitrogens with one attached hydrogen (secondary N) is 1. The summed E-state index contributed by atoms with van der Waals surface area (Å²) >= 11 is 1.81. The van der Waals surface area contributed by atoms with E-state index in [1.165, 1.54) is 9.88 Å². The topological polar surface area (TPSA) is 24.9 Å². The minimum atomic E-state index is 0.220. The maximum Gasteiger partial charge on any atom is 0.0896 e. The van der Waals surface area contributed by atoms with Gasteiger partial charge in [-0.2, -0.15) is 0 Å². The fraction of sp³-hybridized carbons (Fsp3) is 0.750. The second kappa shape index (κ2) is 5.08. The highest BCUT2D eigenvalue weighted by Gasteiger charge is 2.12. The van der Waals surface area contributed by atoms with E-state index in [0.717, 1.165) is 13.0 Å². The molecule has 1 N–H and O–H groups in total. The molecule has 0 fully saturated rings. The summed E-state index contributed by atoms with van der Waals surface area (Å²) in [6.07, 6.45) is 3.14. The minimum Gasteiger partial charge on any atom is -0.312 e. The van der Waals surface area contributed by atoms with Gasteiger partial charge >= 0.3 is 0 Å². The van der Waals surface area contributed by atoms with Crippen molar-refractivity contribution < 1.29 is 0 Å². The van der Waals surface area contributed by atoms with Crippen LogP contribution in [0.1, 0.15) is 37.6 Å². The normalized spacial score (nSPS) is 14.2. The summed E-state index contributed by atoms with van der Waals surface area (Å²) in [5.74, 6) is 0.670. The number of aryl methyl sites for hydroxylation is 1. The third kappa shape index (κ3) is 5.28. The molecule has 1 unspecified atom stereocenters. The first-order chi connectivity index (χ1) is 6.87. The zero-order chi connectivity index (χ0) is 11.5. The maximum absolute atomic E-state index is 4.28. The smallest absolute Gasteiger partial charge is 0.0896 e. The van der Waals surface area contributed by atoms with Crippen LogP contribution in [-0.2, 0) is 6.42 Å². The summed E-state index contributed by atoms with van der Waals surface area (Å²) in [5, 5.41) is 4.70. The molecule has 0 aliphatic carbocycles. The molecule has 1 rings (SSSR count). The number of thiazole rings is 1. The molecule has 86 valence electrons. The first-order valence-electron chi connectivity index (χ1n) is 5.53. The van der Waals surface area contributed by atoms with Gasteiger partial charge in [-0.1, -0.05) is 6.92 Å². The van der Waals surface area contributed by atoms with Gasteiger partial charge in [0, 0.05) is 16.6 Å². The van der Waals surface area contributed by atoms with Gasteiger partial charge in [-0.15, -0.1) is 11.3 Å². The van der Waals surface area contributed by atoms with Crippen molar-refractivity contribution in [2.75, 3.05) is 6.54 Å². The standard InChI is InChI=1S/C12H22N2S/c1-9(7-14-12(3,4)5)6-11-8-13-10(2)15-11/h8-9,14H,6-7H2,1-5H3. The highest BCUT2D eigenvalue weighted by Crippen LogP contribution is 2.16. The van der Waals surface area contributed by atoms with E-state index >= 15 is 0 Å². The SMILES string of the molecule is Cc1ncc(CC(C)CNC(C)(C)C)s1. The van der Waals surface area contributed by atoms with E-state index in [4.69, 9.17) is 0 Å². The molecule has 0 bridgehead atoms. The molecule has 15 heavy (non-hydrogen) atoms. The van der Waals surface area contributed by atoms with Gasteiger partial charge in [0.25, 0.3) is 0 Å². The summed E-state index contributed by atoms with van der Waals surface area (Å²) in [4.78, 5) is 5.68. The van der Waals surface area contributed by atoms with Gasteiger partial charge in [0.15, 0.2) is 0 Å². The molecular formula is C12H22N2S. The van der Waals surface area contributed by atoms with Crippen molar-refractivity contribution >= 4 is 11.3 Å². The van der Waals surface area contributed by atoms with Gasteiger partial charge in [0.2, 0.25) is 0 Å². The Morgan fingerprint density at radius 1 is 1.47 bits per heavy atom. The largest absolute Gasteiger partial charge is 0.312 e. The molecule has 3 heteroatoms. The Morgan fingerprint density at radius 3 is 2.60 bits per heavy atom. The zero-order valence-electron chi connectivity index (χ0n) is 10.4. The molecule has 0 aliphatic rings. The molecule has 0 aliphatic heterocycles. The van der Waals surface area contributed by atoms with Crippen LogP contribution < -0.4 is 5.32 Å². The summed E-state index contributed by atoms with van der Waals surface area (Å²) < 4.78 is 0. The van der Waals surface area contributed by atoms with Crippen molar-refractivity contribution in [3.63, 3.8) is 0 Å². The lowest BCUT2D eigenvalue weighted by atomic mass is 10.0. The third-order valence-corrected chi connectivity index (χ3v) is 3.13. The summed E-state index contributed by atoms with van der Waals surface area (Å²) in [7, 11) is 0. The number of nitrogens with zero attached hydrogens (tertiary/aromatic N) is 1. The second-order valence-electron chi connectivity index (χ2n) is 5.29. The van der Waals surface area contributed by atoms with Gasteiger partial charge in [-0.3, -0.25) is 0 Å². The Kier molecular flexibility index (Phi) is 4.29. The zero-order valence-corrected chi connectivity index (χ0v) is 11.2. The predicted molar refractivity (Wildman–Crippen MR) is 67.5 cm³/mol. The van der Waals surface area contributed by atoms with Crippen LogP contribution in [0.2, 0.25) is 0 Å². The molecule has 0 saturated carbocycles. The van der Waals surface area contributed by atoms with E-state index in [1.54, 1.807) is 0 Å². The fourth-order valence-corrected chi connectivity index (χ4v) is 2.35. The monoisotopic (exact) mass is 226 g/mol. The van der Waals surface area contributed by atoms with E-state index in [9.17, 15) is 0 Å². The van der Waals surface area contributed by atoms with Crippen LogP contribution in [0.3, 0.4) is 0 Å². The number of rotatable bonds is 4. The van der Waals surface area contributed by atoms with Gasteiger partial charge < -0.3 is 5.32 Å². The summed E-state index contributed by atoms with van der Waals surface area (Å²) in [6, 6.07) is 0. The molecule has 0 aromatic carbocycles. The molecule has 1 atom stereocenters. The van der Waals surface area contributed by atoms with Crippen LogP contribution in [0.5, 0.6) is 0 Å². The molecular weight excluding hydrogens is 204 g/mol. The highest BCUT2D eigenvalue weighted by atomic mass is 32.1. The van der Waals surface area contributed by atoms with E-state index in [2.05, 4.69) is 44.9 Å². The Bertz CT molecular complexity index is 299. The summed E-state index contributed by atoms with van der Waals surface area (Å²) in [6.45, 7) is 12.0. The Labute approximate surface area is 97.1 Å². The van der Waals surface area contributed by atoms with E-state index < -0.39 is 0 Å². The average molecular weight is 226 g/mol. The quantitative estimate of drug-likeness (QED) is 0.853. The van der Waals surface area contributed by atoms with Crippen molar-refractivity contribution in [1.82, 2.24) is 10.3 Å². The average Bonchev–Trinajstić information content (AvgIpc) is 2.47. The second-order valence-corrected chi connectivity index (χ2v) is 6.61. The van der Waals surface area contributed by atoms with Gasteiger partial charge in [0.1, 0.15) is 0 Å². The molecule has 0 radical (unpaired) electrons. The van der Waals surface area contributed by atoms with Gasteiger partial charge in [-0.25, -0.2) is 4.98 Å². The van der Waals surface area contributed by atoms with Crippen molar-refractivity contribution in [1.29, 1.82) is 0 Å². The van der Waals surface area contributed by atoms with Crippen LogP contribution in [0.15, 0.2) is 6.20 Å². The molecule has 0 amide bonds. The molecule has 0 saturated heterocycles. The van der Waals surface area contributed by atoms with Gasteiger partial charge in [0.05, 0.1) is 5.01 Å². The highest BCUT2D eigenvalue weighted by molar-refractivity contribution is 7.11. The first kappa shape index (κ1) is 12.7. The number of hydrogen-bond donors (Lipinski definition) is 1. The molecule has 1 heterocycles. The molecule has 0 spiro atoms. The van der Waals surface area contributed by atoms with Crippen LogP contribution in [0.4, 0.5) is 0 Å². The van der Waals surface area contributed by atoms with Crippen LogP contribution >= 0.6 is 11.3 Å². The Balaban J connectivity index is 2.33. The van der Waals surface area contributed by atoms with Gasteiger partial charge in [-0.05, 0) is 46.6 Å². The van der Waals surface area contributed by atoms with Crippen LogP contribution in [0, 0.1) is 12.8 Å². The lowest BCUT2D eigenvalue weighted by Gasteiger charge is -2.23. The van der Waals surface area contributed by atoms with Crippen molar-refractivity contribution in [2.24, 2.45) is 5.92 Å². The van der Waals surface area contributed by atoms with Crippen molar-refractivity contribution in [3.8, 4) is 0 Å². The first-order valence-corrected chi connectivity index (χ1v) is 6.35. The van der Waals surface area contributed by atoms with Crippen LogP contribution in [-0.4, -0.2) is 17.1 Å².